The molecule has 2 amide bonds. The molecule has 0 aliphatic carbocycles. The number of thiophene rings is 1. The molecule has 0 bridgehead atoms. The number of halogens is 1. The standard InChI is InChI=1S/C29H33ClN2O4S/c1-4-20(2)17-31(29(34)21-6-5-7-24(16-21)35-3)18-28(33)32-14-12-27-25(13-15-37-27)26(32)19-36-23-10-8-22(30)9-11-23/h5-11,13,15-16,20,26H,4,12,14,17-19H2,1-3H3/t20-,26+/m1/s1. The molecule has 196 valence electrons. The van der Waals surface area contributed by atoms with E-state index in [4.69, 9.17) is 21.1 Å². The molecule has 0 radical (unpaired) electrons. The molecule has 1 aliphatic heterocycles. The van der Waals surface area contributed by atoms with E-state index >= 15 is 0 Å². The average molecular weight is 541 g/mol. The van der Waals surface area contributed by atoms with Crippen LogP contribution in [0.25, 0.3) is 0 Å². The lowest BCUT2D eigenvalue weighted by Gasteiger charge is -2.37. The molecule has 8 heteroatoms. The van der Waals surface area contributed by atoms with Crippen LogP contribution in [0.1, 0.15) is 47.1 Å². The summed E-state index contributed by atoms with van der Waals surface area (Å²) in [5, 5.41) is 2.71. The van der Waals surface area contributed by atoms with E-state index in [0.717, 1.165) is 18.4 Å². The zero-order chi connectivity index (χ0) is 26.4. The van der Waals surface area contributed by atoms with Crippen LogP contribution in [0.2, 0.25) is 5.02 Å². The molecule has 4 rings (SSSR count). The third kappa shape index (κ3) is 6.65. The Morgan fingerprint density at radius 2 is 1.95 bits per heavy atom. The first-order chi connectivity index (χ1) is 17.9. The normalized spacial score (nSPS) is 15.6. The van der Waals surface area contributed by atoms with Crippen molar-refractivity contribution in [2.24, 2.45) is 5.92 Å². The van der Waals surface area contributed by atoms with Gasteiger partial charge in [0.15, 0.2) is 0 Å². The van der Waals surface area contributed by atoms with Crippen LogP contribution in [0, 0.1) is 5.92 Å². The molecule has 6 nitrogen and oxygen atoms in total. The summed E-state index contributed by atoms with van der Waals surface area (Å²) in [7, 11) is 1.57. The van der Waals surface area contributed by atoms with Gasteiger partial charge in [-0.3, -0.25) is 9.59 Å². The zero-order valence-corrected chi connectivity index (χ0v) is 23.1. The Hall–Kier alpha value is -3.03. The molecule has 2 aromatic carbocycles. The highest BCUT2D eigenvalue weighted by molar-refractivity contribution is 7.10. The van der Waals surface area contributed by atoms with Crippen molar-refractivity contribution in [3.63, 3.8) is 0 Å². The fraction of sp³-hybridized carbons (Fsp3) is 0.379. The van der Waals surface area contributed by atoms with Gasteiger partial charge in [0.2, 0.25) is 5.91 Å². The van der Waals surface area contributed by atoms with Gasteiger partial charge in [0.25, 0.3) is 5.91 Å². The summed E-state index contributed by atoms with van der Waals surface area (Å²) in [6.45, 7) is 5.61. The lowest BCUT2D eigenvalue weighted by Crippen LogP contribution is -2.48. The van der Waals surface area contributed by atoms with Crippen LogP contribution >= 0.6 is 22.9 Å². The summed E-state index contributed by atoms with van der Waals surface area (Å²) in [5.74, 6) is 1.32. The Labute approximate surface area is 227 Å². The number of carbonyl (C=O) groups is 2. The number of hydrogen-bond donors (Lipinski definition) is 0. The fourth-order valence-corrected chi connectivity index (χ4v) is 5.55. The maximum Gasteiger partial charge on any atom is 0.254 e. The number of fused-ring (bicyclic) bond motifs is 1. The molecule has 0 N–H and O–H groups in total. The van der Waals surface area contributed by atoms with Crippen LogP contribution in [0.5, 0.6) is 11.5 Å². The van der Waals surface area contributed by atoms with Crippen molar-refractivity contribution in [1.29, 1.82) is 0 Å². The van der Waals surface area contributed by atoms with Crippen molar-refractivity contribution in [2.45, 2.75) is 32.7 Å². The number of carbonyl (C=O) groups excluding carboxylic acids is 2. The molecule has 0 fully saturated rings. The second-order valence-electron chi connectivity index (χ2n) is 9.35. The van der Waals surface area contributed by atoms with E-state index in [1.54, 1.807) is 59.7 Å². The van der Waals surface area contributed by atoms with Crippen LogP contribution in [0.4, 0.5) is 0 Å². The second-order valence-corrected chi connectivity index (χ2v) is 10.8. The fourth-order valence-electron chi connectivity index (χ4n) is 4.50. The highest BCUT2D eigenvalue weighted by Gasteiger charge is 2.34. The van der Waals surface area contributed by atoms with E-state index in [1.165, 1.54) is 4.88 Å². The second kappa shape index (κ2) is 12.5. The van der Waals surface area contributed by atoms with Crippen molar-refractivity contribution in [3.8, 4) is 11.5 Å². The Kier molecular flexibility index (Phi) is 9.11. The quantitative estimate of drug-likeness (QED) is 0.311. The minimum atomic E-state index is -0.226. The Morgan fingerprint density at radius 3 is 2.68 bits per heavy atom. The zero-order valence-electron chi connectivity index (χ0n) is 21.5. The summed E-state index contributed by atoms with van der Waals surface area (Å²) >= 11 is 7.72. The van der Waals surface area contributed by atoms with Gasteiger partial charge in [0, 0.05) is 28.6 Å². The van der Waals surface area contributed by atoms with E-state index in [2.05, 4.69) is 25.3 Å². The van der Waals surface area contributed by atoms with Crippen LogP contribution in [0.15, 0.2) is 60.0 Å². The van der Waals surface area contributed by atoms with Gasteiger partial charge in [0.1, 0.15) is 24.7 Å². The Balaban J connectivity index is 1.54. The molecule has 37 heavy (non-hydrogen) atoms. The molecule has 0 spiro atoms. The van der Waals surface area contributed by atoms with Gasteiger partial charge in [0.05, 0.1) is 13.2 Å². The molecule has 1 aromatic heterocycles. The van der Waals surface area contributed by atoms with Crippen molar-refractivity contribution in [1.82, 2.24) is 9.80 Å². The van der Waals surface area contributed by atoms with Gasteiger partial charge >= 0.3 is 0 Å². The van der Waals surface area contributed by atoms with E-state index in [0.29, 0.717) is 41.8 Å². The minimum Gasteiger partial charge on any atom is -0.497 e. The van der Waals surface area contributed by atoms with Crippen molar-refractivity contribution >= 4 is 34.8 Å². The predicted octanol–water partition coefficient (Wildman–Crippen LogP) is 6.10. The van der Waals surface area contributed by atoms with E-state index in [9.17, 15) is 9.59 Å². The minimum absolute atomic E-state index is 0.0112. The van der Waals surface area contributed by atoms with Gasteiger partial charge in [-0.25, -0.2) is 0 Å². The Morgan fingerprint density at radius 1 is 1.16 bits per heavy atom. The van der Waals surface area contributed by atoms with Gasteiger partial charge in [-0.1, -0.05) is 37.9 Å². The number of hydrogen-bond acceptors (Lipinski definition) is 5. The molecule has 0 unspecified atom stereocenters. The van der Waals surface area contributed by atoms with Crippen LogP contribution in [-0.4, -0.2) is 55.0 Å². The smallest absolute Gasteiger partial charge is 0.254 e. The molecule has 0 saturated heterocycles. The molecular formula is C29H33ClN2O4S. The first kappa shape index (κ1) is 27.0. The highest BCUT2D eigenvalue weighted by Crippen LogP contribution is 2.34. The average Bonchev–Trinajstić information content (AvgIpc) is 3.41. The number of ether oxygens (including phenoxy) is 2. The number of amides is 2. The SMILES string of the molecule is CC[C@@H](C)CN(CC(=O)N1CCc2sccc2[C@@H]1COc1ccc(Cl)cc1)C(=O)c1cccc(OC)c1. The van der Waals surface area contributed by atoms with Crippen LogP contribution in [0.3, 0.4) is 0 Å². The van der Waals surface area contributed by atoms with Crippen molar-refractivity contribution < 1.29 is 19.1 Å². The maximum atomic E-state index is 13.8. The van der Waals surface area contributed by atoms with Gasteiger partial charge in [-0.05, 0) is 71.8 Å². The highest BCUT2D eigenvalue weighted by atomic mass is 35.5. The lowest BCUT2D eigenvalue weighted by molar-refractivity contribution is -0.135. The largest absolute Gasteiger partial charge is 0.497 e. The predicted molar refractivity (Wildman–Crippen MR) is 148 cm³/mol. The van der Waals surface area contributed by atoms with Crippen molar-refractivity contribution in [2.75, 3.05) is 33.4 Å². The summed E-state index contributed by atoms with van der Waals surface area (Å²) in [4.78, 5) is 32.1. The maximum absolute atomic E-state index is 13.8. The van der Waals surface area contributed by atoms with Crippen LogP contribution < -0.4 is 9.47 Å². The summed E-state index contributed by atoms with van der Waals surface area (Å²) < 4.78 is 11.4. The number of methoxy groups -OCH3 is 1. The topological polar surface area (TPSA) is 59.1 Å². The van der Waals surface area contributed by atoms with E-state index < -0.39 is 0 Å². The van der Waals surface area contributed by atoms with E-state index in [1.807, 2.05) is 17.0 Å². The van der Waals surface area contributed by atoms with E-state index in [-0.39, 0.29) is 30.3 Å². The van der Waals surface area contributed by atoms with Crippen molar-refractivity contribution in [3.05, 3.63) is 81.0 Å². The third-order valence-corrected chi connectivity index (χ3v) is 8.04. The molecule has 0 saturated carbocycles. The summed E-state index contributed by atoms with van der Waals surface area (Å²) in [6.07, 6.45) is 1.71. The van der Waals surface area contributed by atoms with Gasteiger partial charge in [-0.15, -0.1) is 11.3 Å². The summed E-state index contributed by atoms with van der Waals surface area (Å²) in [5.41, 5.74) is 1.63. The third-order valence-electron chi connectivity index (χ3n) is 6.80. The molecule has 2 heterocycles. The molecule has 2 atom stereocenters. The van der Waals surface area contributed by atoms with Gasteiger partial charge in [-0.2, -0.15) is 0 Å². The monoisotopic (exact) mass is 540 g/mol. The summed E-state index contributed by atoms with van der Waals surface area (Å²) in [6, 6.07) is 16.2. The van der Waals surface area contributed by atoms with Gasteiger partial charge < -0.3 is 19.3 Å². The van der Waals surface area contributed by atoms with Crippen LogP contribution in [-0.2, 0) is 11.2 Å². The number of nitrogens with zero attached hydrogens (tertiary/aromatic N) is 2. The number of benzene rings is 2. The first-order valence-corrected chi connectivity index (χ1v) is 13.8. The Bertz CT molecular complexity index is 1210. The molecular weight excluding hydrogens is 508 g/mol. The lowest BCUT2D eigenvalue weighted by atomic mass is 10.00. The first-order valence-electron chi connectivity index (χ1n) is 12.6. The molecule has 3 aromatic rings. The number of rotatable bonds is 10. The molecule has 1 aliphatic rings.